The number of rotatable bonds is 8. The van der Waals surface area contributed by atoms with Crippen LogP contribution in [0, 0.1) is 12.8 Å². The van der Waals surface area contributed by atoms with Crippen molar-refractivity contribution in [2.45, 2.75) is 40.2 Å². The number of carbonyl (C=O) groups excluding carboxylic acids is 1. The number of hydrogen-bond acceptors (Lipinski definition) is 3. The summed E-state index contributed by atoms with van der Waals surface area (Å²) in [6.45, 7) is 7.43. The molecular weight excluding hydrogens is 350 g/mol. The van der Waals surface area contributed by atoms with Crippen molar-refractivity contribution in [2.24, 2.45) is 5.92 Å². The van der Waals surface area contributed by atoms with Gasteiger partial charge in [-0.25, -0.2) is 0 Å². The fourth-order valence-corrected chi connectivity index (χ4v) is 2.91. The Kier molecular flexibility index (Phi) is 7.27. The first-order valence-electron chi connectivity index (χ1n) is 8.83. The molecule has 2 aromatic rings. The zero-order valence-electron chi connectivity index (χ0n) is 15.5. The molecule has 2 N–H and O–H groups in total. The average molecular weight is 376 g/mol. The molecule has 1 aromatic carbocycles. The fraction of sp³-hybridized carbons (Fsp3) is 0.400. The summed E-state index contributed by atoms with van der Waals surface area (Å²) in [5.74, 6) is 0.557. The minimum Gasteiger partial charge on any atom is -0.508 e. The zero-order valence-corrected chi connectivity index (χ0v) is 16.3. The van der Waals surface area contributed by atoms with Gasteiger partial charge in [-0.05, 0) is 49.5 Å². The largest absolute Gasteiger partial charge is 0.508 e. The number of hydrogen-bond donors (Lipinski definition) is 2. The van der Waals surface area contributed by atoms with Crippen molar-refractivity contribution in [1.29, 1.82) is 0 Å². The number of phenols is 1. The highest BCUT2D eigenvalue weighted by atomic mass is 35.5. The molecule has 6 heteroatoms. The maximum atomic E-state index is 12.0. The van der Waals surface area contributed by atoms with E-state index in [9.17, 15) is 9.90 Å². The molecule has 0 spiro atoms. The number of benzene rings is 1. The third-order valence-electron chi connectivity index (χ3n) is 3.93. The van der Waals surface area contributed by atoms with Crippen molar-refractivity contribution >= 4 is 23.6 Å². The lowest BCUT2D eigenvalue weighted by Crippen LogP contribution is -2.22. The number of nitrogens with zero attached hydrogens (tertiary/aromatic N) is 2. The maximum absolute atomic E-state index is 12.0. The second-order valence-electron chi connectivity index (χ2n) is 6.76. The quantitative estimate of drug-likeness (QED) is 0.542. The van der Waals surface area contributed by atoms with E-state index in [4.69, 9.17) is 11.6 Å². The Balaban J connectivity index is 1.82. The van der Waals surface area contributed by atoms with Crippen LogP contribution in [-0.2, 0) is 17.8 Å². The normalized spacial score (nSPS) is 11.4. The summed E-state index contributed by atoms with van der Waals surface area (Å²) in [6, 6.07) is 7.11. The second-order valence-corrected chi connectivity index (χ2v) is 7.12. The molecule has 0 aliphatic carbocycles. The second kappa shape index (κ2) is 9.43. The van der Waals surface area contributed by atoms with E-state index in [2.05, 4.69) is 24.3 Å². The lowest BCUT2D eigenvalue weighted by molar-refractivity contribution is -0.116. The van der Waals surface area contributed by atoms with Crippen LogP contribution in [0.5, 0.6) is 5.75 Å². The molecule has 0 atom stereocenters. The minimum absolute atomic E-state index is 0.150. The van der Waals surface area contributed by atoms with E-state index in [0.29, 0.717) is 17.6 Å². The van der Waals surface area contributed by atoms with E-state index in [-0.39, 0.29) is 11.7 Å². The minimum atomic E-state index is -0.150. The summed E-state index contributed by atoms with van der Waals surface area (Å²) in [5, 5.41) is 17.1. The van der Waals surface area contributed by atoms with Gasteiger partial charge in [0.1, 0.15) is 10.9 Å². The average Bonchev–Trinajstić information content (AvgIpc) is 2.84. The Hall–Kier alpha value is -2.27. The van der Waals surface area contributed by atoms with E-state index in [1.165, 1.54) is 6.08 Å². The first-order valence-corrected chi connectivity index (χ1v) is 9.21. The number of aromatic nitrogens is 2. The van der Waals surface area contributed by atoms with Crippen molar-refractivity contribution in [3.05, 3.63) is 52.3 Å². The lowest BCUT2D eigenvalue weighted by Gasteiger charge is -2.05. The van der Waals surface area contributed by atoms with Gasteiger partial charge in [-0.3, -0.25) is 9.48 Å². The van der Waals surface area contributed by atoms with Gasteiger partial charge in [0, 0.05) is 24.7 Å². The van der Waals surface area contributed by atoms with Crippen LogP contribution in [0.15, 0.2) is 30.3 Å². The number of aryl methyl sites for hydroxylation is 2. The molecule has 0 aliphatic heterocycles. The molecule has 0 saturated heterocycles. The molecule has 0 unspecified atom stereocenters. The van der Waals surface area contributed by atoms with Gasteiger partial charge in [0.15, 0.2) is 0 Å². The summed E-state index contributed by atoms with van der Waals surface area (Å²) in [7, 11) is 0. The van der Waals surface area contributed by atoms with Crippen LogP contribution in [0.1, 0.15) is 37.1 Å². The molecule has 26 heavy (non-hydrogen) atoms. The van der Waals surface area contributed by atoms with E-state index < -0.39 is 0 Å². The summed E-state index contributed by atoms with van der Waals surface area (Å²) in [6.07, 6.45) is 4.89. The Morgan fingerprint density at radius 2 is 2.04 bits per heavy atom. The molecule has 0 radical (unpaired) electrons. The molecule has 140 valence electrons. The van der Waals surface area contributed by atoms with Gasteiger partial charge >= 0.3 is 0 Å². The topological polar surface area (TPSA) is 67.2 Å². The zero-order chi connectivity index (χ0) is 19.1. The number of halogens is 1. The predicted molar refractivity (Wildman–Crippen MR) is 105 cm³/mol. The van der Waals surface area contributed by atoms with Gasteiger partial charge in [-0.15, -0.1) is 0 Å². The lowest BCUT2D eigenvalue weighted by atomic mass is 10.1. The Bertz CT molecular complexity index is 764. The highest BCUT2D eigenvalue weighted by Crippen LogP contribution is 2.22. The number of amides is 1. The third-order valence-corrected chi connectivity index (χ3v) is 4.33. The van der Waals surface area contributed by atoms with Crippen molar-refractivity contribution < 1.29 is 9.90 Å². The van der Waals surface area contributed by atoms with Crippen molar-refractivity contribution in [1.82, 2.24) is 15.1 Å². The Morgan fingerprint density at radius 1 is 1.35 bits per heavy atom. The highest BCUT2D eigenvalue weighted by molar-refractivity contribution is 6.31. The highest BCUT2D eigenvalue weighted by Gasteiger charge is 2.12. The molecule has 0 aliphatic rings. The first kappa shape index (κ1) is 20.0. The van der Waals surface area contributed by atoms with E-state index in [0.717, 1.165) is 36.2 Å². The van der Waals surface area contributed by atoms with Gasteiger partial charge in [0.25, 0.3) is 0 Å². The van der Waals surface area contributed by atoms with Crippen molar-refractivity contribution in [2.75, 3.05) is 6.54 Å². The Labute approximate surface area is 159 Å². The SMILES string of the molecule is Cc1nn(CC(C)C)c(Cl)c1C=CC(=O)NCCCc1ccc(O)cc1. The van der Waals surface area contributed by atoms with Gasteiger partial charge in [0.05, 0.1) is 5.69 Å². The van der Waals surface area contributed by atoms with E-state index >= 15 is 0 Å². The summed E-state index contributed by atoms with van der Waals surface area (Å²) in [4.78, 5) is 12.0. The van der Waals surface area contributed by atoms with Gasteiger partial charge in [-0.2, -0.15) is 5.10 Å². The van der Waals surface area contributed by atoms with E-state index in [1.54, 1.807) is 22.9 Å². The summed E-state index contributed by atoms with van der Waals surface area (Å²) < 4.78 is 1.77. The van der Waals surface area contributed by atoms with Crippen molar-refractivity contribution in [3.63, 3.8) is 0 Å². The van der Waals surface area contributed by atoms with Crippen LogP contribution < -0.4 is 5.32 Å². The molecular formula is C20H26ClN3O2. The molecule has 0 bridgehead atoms. The van der Waals surface area contributed by atoms with Crippen LogP contribution >= 0.6 is 11.6 Å². The fourth-order valence-electron chi connectivity index (χ4n) is 2.61. The number of aromatic hydroxyl groups is 1. The van der Waals surface area contributed by atoms with Gasteiger partial charge < -0.3 is 10.4 Å². The standard InChI is InChI=1S/C20H26ClN3O2/c1-14(2)13-24-20(21)18(15(3)23-24)10-11-19(26)22-12-4-5-16-6-8-17(25)9-7-16/h6-11,14,25H,4-5,12-13H2,1-3H3,(H,22,26). The molecule has 0 saturated carbocycles. The monoisotopic (exact) mass is 375 g/mol. The summed E-state index contributed by atoms with van der Waals surface area (Å²) >= 11 is 6.36. The number of carbonyl (C=O) groups is 1. The molecule has 1 amide bonds. The number of nitrogens with one attached hydrogen (secondary N) is 1. The Morgan fingerprint density at radius 3 is 2.69 bits per heavy atom. The molecule has 2 rings (SSSR count). The van der Waals surface area contributed by atoms with Crippen LogP contribution in [0.25, 0.3) is 6.08 Å². The van der Waals surface area contributed by atoms with Crippen molar-refractivity contribution in [3.8, 4) is 5.75 Å². The van der Waals surface area contributed by atoms with Crippen LogP contribution in [-0.4, -0.2) is 27.3 Å². The smallest absolute Gasteiger partial charge is 0.244 e. The van der Waals surface area contributed by atoms with Crippen LogP contribution in [0.4, 0.5) is 0 Å². The number of phenolic OH excluding ortho intramolecular Hbond substituents is 1. The molecule has 1 aromatic heterocycles. The molecule has 1 heterocycles. The van der Waals surface area contributed by atoms with Gasteiger partial charge in [0.2, 0.25) is 5.91 Å². The van der Waals surface area contributed by atoms with Crippen LogP contribution in [0.2, 0.25) is 5.15 Å². The first-order chi connectivity index (χ1) is 12.4. The third kappa shape index (κ3) is 5.92. The van der Waals surface area contributed by atoms with Crippen LogP contribution in [0.3, 0.4) is 0 Å². The van der Waals surface area contributed by atoms with E-state index in [1.807, 2.05) is 19.1 Å². The molecule has 5 nitrogen and oxygen atoms in total. The molecule has 0 fully saturated rings. The summed E-state index contributed by atoms with van der Waals surface area (Å²) in [5.41, 5.74) is 2.73. The van der Waals surface area contributed by atoms with Gasteiger partial charge in [-0.1, -0.05) is 37.6 Å². The predicted octanol–water partition coefficient (Wildman–Crippen LogP) is 3.97. The maximum Gasteiger partial charge on any atom is 0.244 e.